The molecular weight excluding hydrogens is 312 g/mol. The standard InChI is InChI=1S/C21H28N2O2/c1-5-25-18-11-9-17(10-12-18)23-20(24)13-14-22-21-16(4)7-6-8-19(21)15(2)3/h6-12,15,22H,5,13-14H2,1-4H3,(H,23,24). The first-order valence-electron chi connectivity index (χ1n) is 8.87. The normalized spacial score (nSPS) is 10.6. The fourth-order valence-corrected chi connectivity index (χ4v) is 2.74. The second-order valence-corrected chi connectivity index (χ2v) is 6.38. The van der Waals surface area contributed by atoms with Crippen molar-refractivity contribution in [3.8, 4) is 5.75 Å². The molecule has 0 atom stereocenters. The molecular formula is C21H28N2O2. The maximum Gasteiger partial charge on any atom is 0.226 e. The summed E-state index contributed by atoms with van der Waals surface area (Å²) in [5, 5.41) is 6.34. The molecule has 0 radical (unpaired) electrons. The molecule has 0 saturated heterocycles. The Morgan fingerprint density at radius 2 is 1.84 bits per heavy atom. The molecule has 0 unspecified atom stereocenters. The molecule has 134 valence electrons. The van der Waals surface area contributed by atoms with Crippen LogP contribution in [0.25, 0.3) is 0 Å². The minimum atomic E-state index is -0.00339. The number of aryl methyl sites for hydroxylation is 1. The van der Waals surface area contributed by atoms with Crippen molar-refractivity contribution in [2.75, 3.05) is 23.8 Å². The van der Waals surface area contributed by atoms with Gasteiger partial charge in [-0.15, -0.1) is 0 Å². The number of nitrogens with one attached hydrogen (secondary N) is 2. The number of hydrogen-bond donors (Lipinski definition) is 2. The van der Waals surface area contributed by atoms with Crippen molar-refractivity contribution in [3.05, 3.63) is 53.6 Å². The van der Waals surface area contributed by atoms with E-state index < -0.39 is 0 Å². The minimum Gasteiger partial charge on any atom is -0.494 e. The summed E-state index contributed by atoms with van der Waals surface area (Å²) in [6.45, 7) is 9.63. The van der Waals surface area contributed by atoms with Crippen LogP contribution in [0.2, 0.25) is 0 Å². The Kier molecular flexibility index (Phi) is 6.87. The van der Waals surface area contributed by atoms with Gasteiger partial charge < -0.3 is 15.4 Å². The highest BCUT2D eigenvalue weighted by Crippen LogP contribution is 2.27. The molecule has 4 nitrogen and oxygen atoms in total. The van der Waals surface area contributed by atoms with E-state index in [0.29, 0.717) is 25.5 Å². The van der Waals surface area contributed by atoms with Gasteiger partial charge in [-0.3, -0.25) is 4.79 Å². The van der Waals surface area contributed by atoms with Crippen LogP contribution in [-0.2, 0) is 4.79 Å². The van der Waals surface area contributed by atoms with Crippen molar-refractivity contribution in [1.29, 1.82) is 0 Å². The van der Waals surface area contributed by atoms with Crippen LogP contribution in [-0.4, -0.2) is 19.1 Å². The molecule has 2 aromatic rings. The SMILES string of the molecule is CCOc1ccc(NC(=O)CCNc2c(C)cccc2C(C)C)cc1. The Balaban J connectivity index is 1.87. The van der Waals surface area contributed by atoms with Crippen molar-refractivity contribution in [2.24, 2.45) is 0 Å². The second-order valence-electron chi connectivity index (χ2n) is 6.38. The number of amides is 1. The van der Waals surface area contributed by atoms with Crippen LogP contribution in [0.4, 0.5) is 11.4 Å². The van der Waals surface area contributed by atoms with Gasteiger partial charge in [0.2, 0.25) is 5.91 Å². The number of hydrogen-bond acceptors (Lipinski definition) is 3. The summed E-state index contributed by atoms with van der Waals surface area (Å²) < 4.78 is 5.40. The van der Waals surface area contributed by atoms with Crippen LogP contribution in [0.1, 0.15) is 44.2 Å². The predicted octanol–water partition coefficient (Wildman–Crippen LogP) is 4.96. The van der Waals surface area contributed by atoms with E-state index in [1.165, 1.54) is 11.1 Å². The highest BCUT2D eigenvalue weighted by molar-refractivity contribution is 5.91. The van der Waals surface area contributed by atoms with E-state index in [2.05, 4.69) is 49.6 Å². The average Bonchev–Trinajstić information content (AvgIpc) is 2.58. The summed E-state index contributed by atoms with van der Waals surface area (Å²) in [4.78, 5) is 12.1. The van der Waals surface area contributed by atoms with Crippen molar-refractivity contribution >= 4 is 17.3 Å². The lowest BCUT2D eigenvalue weighted by atomic mass is 9.98. The van der Waals surface area contributed by atoms with Crippen molar-refractivity contribution in [2.45, 2.75) is 40.0 Å². The molecule has 1 amide bonds. The lowest BCUT2D eigenvalue weighted by molar-refractivity contribution is -0.115. The first-order valence-corrected chi connectivity index (χ1v) is 8.87. The maximum absolute atomic E-state index is 12.1. The maximum atomic E-state index is 12.1. The summed E-state index contributed by atoms with van der Waals surface area (Å²) in [6, 6.07) is 13.7. The summed E-state index contributed by atoms with van der Waals surface area (Å²) >= 11 is 0. The van der Waals surface area contributed by atoms with Crippen LogP contribution < -0.4 is 15.4 Å². The van der Waals surface area contributed by atoms with Crippen LogP contribution in [0.5, 0.6) is 5.75 Å². The van der Waals surface area contributed by atoms with Crippen LogP contribution in [0.3, 0.4) is 0 Å². The highest BCUT2D eigenvalue weighted by Gasteiger charge is 2.09. The van der Waals surface area contributed by atoms with E-state index in [1.807, 2.05) is 31.2 Å². The summed E-state index contributed by atoms with van der Waals surface area (Å²) in [5.74, 6) is 1.25. The molecule has 25 heavy (non-hydrogen) atoms. The third kappa shape index (κ3) is 5.52. The Labute approximate surface area is 150 Å². The van der Waals surface area contributed by atoms with Gasteiger partial charge in [0.15, 0.2) is 0 Å². The first kappa shape index (κ1) is 18.8. The number of para-hydroxylation sites is 1. The third-order valence-corrected chi connectivity index (χ3v) is 4.03. The monoisotopic (exact) mass is 340 g/mol. The van der Waals surface area contributed by atoms with Gasteiger partial charge >= 0.3 is 0 Å². The highest BCUT2D eigenvalue weighted by atomic mass is 16.5. The van der Waals surface area contributed by atoms with Gasteiger partial charge in [-0.2, -0.15) is 0 Å². The zero-order valence-corrected chi connectivity index (χ0v) is 15.6. The van der Waals surface area contributed by atoms with E-state index in [1.54, 1.807) is 0 Å². The third-order valence-electron chi connectivity index (χ3n) is 4.03. The largest absolute Gasteiger partial charge is 0.494 e. The zero-order chi connectivity index (χ0) is 18.2. The number of rotatable bonds is 8. The van der Waals surface area contributed by atoms with E-state index in [-0.39, 0.29) is 5.91 Å². The van der Waals surface area contributed by atoms with Crippen molar-refractivity contribution in [1.82, 2.24) is 0 Å². The first-order chi connectivity index (χ1) is 12.0. The molecule has 2 N–H and O–H groups in total. The number of anilines is 2. The topological polar surface area (TPSA) is 50.4 Å². The smallest absolute Gasteiger partial charge is 0.226 e. The van der Waals surface area contributed by atoms with Crippen molar-refractivity contribution in [3.63, 3.8) is 0 Å². The summed E-state index contributed by atoms with van der Waals surface area (Å²) in [7, 11) is 0. The van der Waals surface area contributed by atoms with Crippen LogP contribution in [0, 0.1) is 6.92 Å². The van der Waals surface area contributed by atoms with Gasteiger partial charge in [0.25, 0.3) is 0 Å². The molecule has 4 heteroatoms. The van der Waals surface area contributed by atoms with Gasteiger partial charge in [-0.25, -0.2) is 0 Å². The molecule has 0 aliphatic carbocycles. The fourth-order valence-electron chi connectivity index (χ4n) is 2.74. The molecule has 0 aliphatic heterocycles. The molecule has 2 aromatic carbocycles. The van der Waals surface area contributed by atoms with E-state index in [9.17, 15) is 4.79 Å². The Morgan fingerprint density at radius 1 is 1.12 bits per heavy atom. The number of ether oxygens (including phenoxy) is 1. The van der Waals surface area contributed by atoms with Crippen LogP contribution in [0.15, 0.2) is 42.5 Å². The molecule has 0 aromatic heterocycles. The van der Waals surface area contributed by atoms with Crippen LogP contribution >= 0.6 is 0 Å². The number of benzene rings is 2. The summed E-state index contributed by atoms with van der Waals surface area (Å²) in [5.41, 5.74) is 4.42. The number of carbonyl (C=O) groups excluding carboxylic acids is 1. The molecule has 0 aliphatic rings. The fraction of sp³-hybridized carbons (Fsp3) is 0.381. The van der Waals surface area contributed by atoms with E-state index in [4.69, 9.17) is 4.74 Å². The van der Waals surface area contributed by atoms with Gasteiger partial charge in [-0.05, 0) is 55.2 Å². The Hall–Kier alpha value is -2.49. The number of carbonyl (C=O) groups is 1. The van der Waals surface area contributed by atoms with Gasteiger partial charge in [-0.1, -0.05) is 32.0 Å². The zero-order valence-electron chi connectivity index (χ0n) is 15.6. The lowest BCUT2D eigenvalue weighted by Gasteiger charge is -2.17. The quantitative estimate of drug-likeness (QED) is 0.714. The van der Waals surface area contributed by atoms with Gasteiger partial charge in [0, 0.05) is 24.3 Å². The molecule has 0 heterocycles. The molecule has 0 saturated carbocycles. The predicted molar refractivity (Wildman–Crippen MR) is 105 cm³/mol. The Morgan fingerprint density at radius 3 is 2.48 bits per heavy atom. The second kappa shape index (κ2) is 9.11. The van der Waals surface area contributed by atoms with E-state index >= 15 is 0 Å². The van der Waals surface area contributed by atoms with Crippen molar-refractivity contribution < 1.29 is 9.53 Å². The molecule has 0 bridgehead atoms. The van der Waals surface area contributed by atoms with Gasteiger partial charge in [0.05, 0.1) is 6.61 Å². The van der Waals surface area contributed by atoms with Gasteiger partial charge in [0.1, 0.15) is 5.75 Å². The molecule has 0 fully saturated rings. The lowest BCUT2D eigenvalue weighted by Crippen LogP contribution is -2.17. The summed E-state index contributed by atoms with van der Waals surface area (Å²) in [6.07, 6.45) is 0.416. The molecule has 2 rings (SSSR count). The van der Waals surface area contributed by atoms with E-state index in [0.717, 1.165) is 17.1 Å². The molecule has 0 spiro atoms. The Bertz CT molecular complexity index is 694. The minimum absolute atomic E-state index is 0.00339. The average molecular weight is 340 g/mol.